The van der Waals surface area contributed by atoms with Gasteiger partial charge in [-0.2, -0.15) is 0 Å². The van der Waals surface area contributed by atoms with Crippen molar-refractivity contribution in [2.24, 2.45) is 0 Å². The van der Waals surface area contributed by atoms with Crippen molar-refractivity contribution in [1.29, 1.82) is 0 Å². The van der Waals surface area contributed by atoms with Gasteiger partial charge in [0.25, 0.3) is 11.8 Å². The molecule has 0 unspecified atom stereocenters. The van der Waals surface area contributed by atoms with Gasteiger partial charge >= 0.3 is 0 Å². The van der Waals surface area contributed by atoms with Gasteiger partial charge in [-0.3, -0.25) is 9.59 Å². The molecule has 0 saturated carbocycles. The zero-order valence-corrected chi connectivity index (χ0v) is 19.1. The van der Waals surface area contributed by atoms with Crippen molar-refractivity contribution in [2.75, 3.05) is 17.3 Å². The van der Waals surface area contributed by atoms with Crippen LogP contribution in [-0.2, 0) is 9.59 Å². The number of aryl methyl sites for hydroxylation is 2. The molecular formula is C26H23ClN2O3. The van der Waals surface area contributed by atoms with E-state index in [0.29, 0.717) is 27.7 Å². The Bertz CT molecular complexity index is 1280. The zero-order valence-electron chi connectivity index (χ0n) is 18.3. The van der Waals surface area contributed by atoms with Crippen LogP contribution in [0.3, 0.4) is 0 Å². The Morgan fingerprint density at radius 3 is 2.34 bits per heavy atom. The first kappa shape index (κ1) is 21.7. The lowest BCUT2D eigenvalue weighted by Gasteiger charge is -2.17. The number of nitrogens with one attached hydrogen (secondary N) is 1. The predicted molar refractivity (Wildman–Crippen MR) is 128 cm³/mol. The van der Waals surface area contributed by atoms with E-state index in [-0.39, 0.29) is 11.3 Å². The molecule has 0 bridgehead atoms. The number of carbonyl (C=O) groups excluding carboxylic acids is 2. The second-order valence-electron chi connectivity index (χ2n) is 7.70. The Balaban J connectivity index is 1.89. The fraction of sp³-hybridized carbons (Fsp3) is 0.154. The smallest absolute Gasteiger partial charge is 0.282 e. The molecule has 0 aliphatic carbocycles. The van der Waals surface area contributed by atoms with Crippen molar-refractivity contribution in [3.05, 3.63) is 93.6 Å². The highest BCUT2D eigenvalue weighted by atomic mass is 35.5. The van der Waals surface area contributed by atoms with Gasteiger partial charge in [0.15, 0.2) is 0 Å². The highest BCUT2D eigenvalue weighted by molar-refractivity contribution is 6.46. The molecule has 0 saturated heterocycles. The number of nitrogens with zero attached hydrogens (tertiary/aromatic N) is 1. The Morgan fingerprint density at radius 1 is 0.875 bits per heavy atom. The van der Waals surface area contributed by atoms with Gasteiger partial charge in [-0.1, -0.05) is 41.9 Å². The number of methoxy groups -OCH3 is 1. The zero-order chi connectivity index (χ0) is 23.0. The normalized spacial score (nSPS) is 13.7. The van der Waals surface area contributed by atoms with Gasteiger partial charge in [0.2, 0.25) is 0 Å². The van der Waals surface area contributed by atoms with Gasteiger partial charge in [-0.15, -0.1) is 0 Å². The minimum absolute atomic E-state index is 0.183. The summed E-state index contributed by atoms with van der Waals surface area (Å²) >= 11 is 6.28. The van der Waals surface area contributed by atoms with Crippen molar-refractivity contribution in [3.8, 4) is 5.75 Å². The minimum Gasteiger partial charge on any atom is -0.496 e. The summed E-state index contributed by atoms with van der Waals surface area (Å²) in [5.74, 6) is -0.337. The van der Waals surface area contributed by atoms with Crippen molar-refractivity contribution in [1.82, 2.24) is 0 Å². The van der Waals surface area contributed by atoms with E-state index in [4.69, 9.17) is 16.3 Å². The molecular weight excluding hydrogens is 424 g/mol. The first-order chi connectivity index (χ1) is 15.3. The second-order valence-corrected chi connectivity index (χ2v) is 8.11. The van der Waals surface area contributed by atoms with Crippen LogP contribution in [-0.4, -0.2) is 18.9 Å². The number of para-hydroxylation sites is 1. The van der Waals surface area contributed by atoms with Crippen LogP contribution < -0.4 is 15.0 Å². The average Bonchev–Trinajstić information content (AvgIpc) is 3.02. The molecule has 0 fully saturated rings. The SMILES string of the molecule is COc1ccccc1C1=C(Nc2cccc(Cl)c2C)C(=O)N(c2ccc(C)c(C)c2)C1=O. The molecule has 0 spiro atoms. The maximum Gasteiger partial charge on any atom is 0.282 e. The number of amides is 2. The minimum atomic E-state index is -0.432. The summed E-state index contributed by atoms with van der Waals surface area (Å²) in [6.45, 7) is 5.80. The molecule has 3 aromatic carbocycles. The van der Waals surface area contributed by atoms with E-state index in [9.17, 15) is 9.59 Å². The third kappa shape index (κ3) is 3.65. The number of rotatable bonds is 5. The summed E-state index contributed by atoms with van der Waals surface area (Å²) < 4.78 is 5.49. The van der Waals surface area contributed by atoms with Crippen molar-refractivity contribution < 1.29 is 14.3 Å². The molecule has 162 valence electrons. The van der Waals surface area contributed by atoms with Crippen molar-refractivity contribution in [2.45, 2.75) is 20.8 Å². The second kappa shape index (κ2) is 8.52. The summed E-state index contributed by atoms with van der Waals surface area (Å²) in [6.07, 6.45) is 0. The number of imide groups is 1. The van der Waals surface area contributed by atoms with Crippen LogP contribution >= 0.6 is 11.6 Å². The lowest BCUT2D eigenvalue weighted by Crippen LogP contribution is -2.32. The predicted octanol–water partition coefficient (Wildman–Crippen LogP) is 5.67. The van der Waals surface area contributed by atoms with Gasteiger partial charge in [0, 0.05) is 16.3 Å². The fourth-order valence-electron chi connectivity index (χ4n) is 3.72. The lowest BCUT2D eigenvalue weighted by molar-refractivity contribution is -0.120. The topological polar surface area (TPSA) is 58.6 Å². The number of hydrogen-bond acceptors (Lipinski definition) is 4. The molecule has 0 aromatic heterocycles. The number of hydrogen-bond donors (Lipinski definition) is 1. The Hall–Kier alpha value is -3.57. The van der Waals surface area contributed by atoms with Gasteiger partial charge in [0.1, 0.15) is 11.4 Å². The Morgan fingerprint density at radius 2 is 1.62 bits per heavy atom. The van der Waals surface area contributed by atoms with Gasteiger partial charge in [-0.05, 0) is 67.8 Å². The van der Waals surface area contributed by atoms with Gasteiger partial charge in [0.05, 0.1) is 18.4 Å². The van der Waals surface area contributed by atoms with E-state index in [1.54, 1.807) is 30.3 Å². The first-order valence-corrected chi connectivity index (χ1v) is 10.6. The summed E-state index contributed by atoms with van der Waals surface area (Å²) in [7, 11) is 1.54. The molecule has 0 radical (unpaired) electrons. The van der Waals surface area contributed by atoms with E-state index in [1.807, 2.05) is 51.1 Å². The quantitative estimate of drug-likeness (QED) is 0.513. The maximum absolute atomic E-state index is 13.7. The van der Waals surface area contributed by atoms with E-state index >= 15 is 0 Å². The van der Waals surface area contributed by atoms with Crippen LogP contribution in [0.1, 0.15) is 22.3 Å². The number of benzene rings is 3. The largest absolute Gasteiger partial charge is 0.496 e. The van der Waals surface area contributed by atoms with Crippen LogP contribution in [0.25, 0.3) is 5.57 Å². The molecule has 4 rings (SSSR count). The number of ether oxygens (including phenoxy) is 1. The molecule has 1 heterocycles. The molecule has 5 nitrogen and oxygen atoms in total. The molecule has 6 heteroatoms. The first-order valence-electron chi connectivity index (χ1n) is 10.2. The molecule has 2 amide bonds. The standard InChI is InChI=1S/C26H23ClN2O3/c1-15-12-13-18(14-16(15)2)29-25(30)23(19-8-5-6-11-22(19)32-4)24(26(29)31)28-21-10-7-9-20(27)17(21)3/h5-14,28H,1-4H3. The fourth-order valence-corrected chi connectivity index (χ4v) is 3.90. The molecule has 0 atom stereocenters. The summed E-state index contributed by atoms with van der Waals surface area (Å²) in [4.78, 5) is 28.5. The van der Waals surface area contributed by atoms with Crippen LogP contribution in [0, 0.1) is 20.8 Å². The summed E-state index contributed by atoms with van der Waals surface area (Å²) in [6, 6.07) is 18.1. The third-order valence-electron chi connectivity index (χ3n) is 5.74. The Kier molecular flexibility index (Phi) is 5.76. The third-order valence-corrected chi connectivity index (χ3v) is 6.15. The van der Waals surface area contributed by atoms with E-state index in [0.717, 1.165) is 16.7 Å². The van der Waals surface area contributed by atoms with Crippen molar-refractivity contribution >= 4 is 40.4 Å². The van der Waals surface area contributed by atoms with Crippen LogP contribution in [0.2, 0.25) is 5.02 Å². The van der Waals surface area contributed by atoms with Gasteiger partial charge < -0.3 is 10.1 Å². The van der Waals surface area contributed by atoms with Crippen molar-refractivity contribution in [3.63, 3.8) is 0 Å². The monoisotopic (exact) mass is 446 g/mol. The van der Waals surface area contributed by atoms with Crippen LogP contribution in [0.15, 0.2) is 66.4 Å². The van der Waals surface area contributed by atoms with Crippen LogP contribution in [0.5, 0.6) is 5.75 Å². The van der Waals surface area contributed by atoms with Gasteiger partial charge in [-0.25, -0.2) is 4.90 Å². The number of carbonyl (C=O) groups is 2. The average molecular weight is 447 g/mol. The molecule has 1 aliphatic heterocycles. The highest BCUT2D eigenvalue weighted by Crippen LogP contribution is 2.38. The molecule has 1 N–H and O–H groups in total. The number of halogens is 1. The molecule has 32 heavy (non-hydrogen) atoms. The van der Waals surface area contributed by atoms with E-state index in [1.165, 1.54) is 12.0 Å². The van der Waals surface area contributed by atoms with Crippen LogP contribution in [0.4, 0.5) is 11.4 Å². The molecule has 1 aliphatic rings. The summed E-state index contributed by atoms with van der Waals surface area (Å²) in [5.41, 5.74) is 5.02. The number of anilines is 2. The highest BCUT2D eigenvalue weighted by Gasteiger charge is 2.41. The van der Waals surface area contributed by atoms with E-state index < -0.39 is 11.8 Å². The Labute approximate surface area is 192 Å². The lowest BCUT2D eigenvalue weighted by atomic mass is 10.0. The maximum atomic E-state index is 13.7. The molecule has 3 aromatic rings. The summed E-state index contributed by atoms with van der Waals surface area (Å²) in [5, 5.41) is 3.75. The van der Waals surface area contributed by atoms with E-state index in [2.05, 4.69) is 5.32 Å².